The Morgan fingerprint density at radius 1 is 1.03 bits per heavy atom. The summed E-state index contributed by atoms with van der Waals surface area (Å²) in [4.78, 5) is 16.6. The van der Waals surface area contributed by atoms with Gasteiger partial charge in [0, 0.05) is 28.0 Å². The molecule has 0 saturated carbocycles. The number of fused-ring (bicyclic) bond motifs is 1. The normalized spacial score (nSPS) is 12.4. The van der Waals surface area contributed by atoms with E-state index in [0.717, 1.165) is 16.7 Å². The minimum Gasteiger partial charge on any atom is -0.250 e. The summed E-state index contributed by atoms with van der Waals surface area (Å²) in [5.74, 6) is -0.655. The highest BCUT2D eigenvalue weighted by Gasteiger charge is 2.31. The van der Waals surface area contributed by atoms with Crippen LogP contribution < -0.4 is 5.69 Å². The minimum atomic E-state index is -4.64. The maximum atomic E-state index is 13.0. The van der Waals surface area contributed by atoms with Crippen molar-refractivity contribution in [3.05, 3.63) is 74.9 Å². The molecule has 0 aliphatic rings. The Kier molecular flexibility index (Phi) is 5.75. The fraction of sp³-hybridized carbons (Fsp3) is 0.150. The summed E-state index contributed by atoms with van der Waals surface area (Å²) in [5.41, 5.74) is -1.36. The van der Waals surface area contributed by atoms with Gasteiger partial charge in [0.25, 0.3) is 0 Å². The predicted molar refractivity (Wildman–Crippen MR) is 117 cm³/mol. The van der Waals surface area contributed by atoms with E-state index in [2.05, 4.69) is 10.1 Å². The van der Waals surface area contributed by atoms with Gasteiger partial charge in [-0.1, -0.05) is 30.1 Å². The number of benzene rings is 1. The molecule has 0 amide bonds. The summed E-state index contributed by atoms with van der Waals surface area (Å²) in [5, 5.41) is 4.53. The largest absolute Gasteiger partial charge is 0.416 e. The molecule has 0 unspecified atom stereocenters. The molecule has 4 aromatic rings. The highest BCUT2D eigenvalue weighted by molar-refractivity contribution is 7.91. The number of sulfone groups is 1. The van der Waals surface area contributed by atoms with Crippen molar-refractivity contribution in [2.45, 2.75) is 18.0 Å². The van der Waals surface area contributed by atoms with E-state index < -0.39 is 27.3 Å². The van der Waals surface area contributed by atoms with Crippen LogP contribution in [0.4, 0.5) is 13.2 Å². The summed E-state index contributed by atoms with van der Waals surface area (Å²) in [6, 6.07) is 7.33. The number of rotatable bonds is 4. The second-order valence-corrected chi connectivity index (χ2v) is 10.1. The Bertz CT molecular complexity index is 1540. The molecule has 4 rings (SSSR count). The quantitative estimate of drug-likeness (QED) is 0.393. The van der Waals surface area contributed by atoms with Crippen molar-refractivity contribution in [1.82, 2.24) is 19.2 Å². The van der Waals surface area contributed by atoms with Gasteiger partial charge in [0.15, 0.2) is 21.3 Å². The van der Waals surface area contributed by atoms with E-state index in [-0.39, 0.29) is 22.1 Å². The third-order valence-electron chi connectivity index (χ3n) is 4.80. The SMILES string of the molecule is CCS(=O)(=O)c1cc(-c2cc(Cl)cc(Cl)c2)cnc1-n1nc2cc(C(F)(F)F)ccn2c1=O. The minimum absolute atomic E-state index is 0.317. The van der Waals surface area contributed by atoms with Crippen LogP contribution in [0.25, 0.3) is 22.6 Å². The molecular weight excluding hydrogens is 504 g/mol. The number of hydrogen-bond acceptors (Lipinski definition) is 5. The molecule has 0 atom stereocenters. The van der Waals surface area contributed by atoms with Crippen molar-refractivity contribution in [3.8, 4) is 16.9 Å². The fourth-order valence-electron chi connectivity index (χ4n) is 3.15. The molecule has 13 heteroatoms. The number of nitrogens with zero attached hydrogens (tertiary/aromatic N) is 4. The summed E-state index contributed by atoms with van der Waals surface area (Å²) >= 11 is 12.1. The van der Waals surface area contributed by atoms with Crippen LogP contribution >= 0.6 is 23.2 Å². The Balaban J connectivity index is 1.96. The number of pyridine rings is 2. The molecule has 3 heterocycles. The average molecular weight is 517 g/mol. The first-order valence-electron chi connectivity index (χ1n) is 9.29. The van der Waals surface area contributed by atoms with Crippen molar-refractivity contribution in [2.24, 2.45) is 0 Å². The zero-order valence-corrected chi connectivity index (χ0v) is 19.0. The zero-order chi connectivity index (χ0) is 24.1. The van der Waals surface area contributed by atoms with Gasteiger partial charge in [-0.05, 0) is 42.0 Å². The van der Waals surface area contributed by atoms with Crippen molar-refractivity contribution < 1.29 is 21.6 Å². The van der Waals surface area contributed by atoms with Gasteiger partial charge in [-0.3, -0.25) is 0 Å². The number of alkyl halides is 3. The molecule has 0 bridgehead atoms. The van der Waals surface area contributed by atoms with Crippen molar-refractivity contribution >= 4 is 38.7 Å². The van der Waals surface area contributed by atoms with Gasteiger partial charge < -0.3 is 0 Å². The standard InChI is InChI=1S/C20H13Cl2F3N4O3S/c1-2-33(31,32)16-7-12(11-5-14(21)9-15(22)6-11)10-26-18(16)29-19(30)28-4-3-13(20(23,24)25)8-17(28)27-29/h3-10H,2H2,1H3. The molecule has 0 saturated heterocycles. The lowest BCUT2D eigenvalue weighted by Crippen LogP contribution is -2.23. The smallest absolute Gasteiger partial charge is 0.250 e. The van der Waals surface area contributed by atoms with E-state index in [1.54, 1.807) is 12.1 Å². The van der Waals surface area contributed by atoms with Crippen molar-refractivity contribution in [1.29, 1.82) is 0 Å². The molecule has 0 N–H and O–H groups in total. The van der Waals surface area contributed by atoms with Gasteiger partial charge in [-0.15, -0.1) is 5.10 Å². The summed E-state index contributed by atoms with van der Waals surface area (Å²) in [7, 11) is -3.93. The number of halogens is 5. The summed E-state index contributed by atoms with van der Waals surface area (Å²) in [6.07, 6.45) is -2.43. The molecule has 7 nitrogen and oxygen atoms in total. The van der Waals surface area contributed by atoms with Crippen LogP contribution in [0.1, 0.15) is 12.5 Å². The van der Waals surface area contributed by atoms with Crippen LogP contribution in [0.15, 0.2) is 58.5 Å². The lowest BCUT2D eigenvalue weighted by molar-refractivity contribution is -0.137. The topological polar surface area (TPSA) is 86.3 Å². The van der Waals surface area contributed by atoms with Gasteiger partial charge in [0.2, 0.25) is 0 Å². The summed E-state index contributed by atoms with van der Waals surface area (Å²) in [6.45, 7) is 1.41. The van der Waals surface area contributed by atoms with Crippen LogP contribution in [0, 0.1) is 0 Å². The Morgan fingerprint density at radius 3 is 2.30 bits per heavy atom. The fourth-order valence-corrected chi connectivity index (χ4v) is 4.71. The molecular formula is C20H13Cl2F3N4O3S. The second-order valence-electron chi connectivity index (χ2n) is 6.94. The zero-order valence-electron chi connectivity index (χ0n) is 16.6. The molecule has 33 heavy (non-hydrogen) atoms. The van der Waals surface area contributed by atoms with Crippen molar-refractivity contribution in [3.63, 3.8) is 0 Å². The van der Waals surface area contributed by atoms with E-state index in [1.165, 1.54) is 25.3 Å². The van der Waals surface area contributed by atoms with E-state index in [4.69, 9.17) is 23.2 Å². The monoisotopic (exact) mass is 516 g/mol. The van der Waals surface area contributed by atoms with E-state index in [0.29, 0.717) is 31.9 Å². The maximum Gasteiger partial charge on any atom is 0.416 e. The Labute approximate surface area is 194 Å². The molecule has 0 aliphatic heterocycles. The number of aromatic nitrogens is 4. The lowest BCUT2D eigenvalue weighted by atomic mass is 10.1. The third kappa shape index (κ3) is 4.35. The predicted octanol–water partition coefficient (Wildman–Crippen LogP) is 4.67. The Morgan fingerprint density at radius 2 is 1.70 bits per heavy atom. The van der Waals surface area contributed by atoms with E-state index in [1.807, 2.05) is 0 Å². The van der Waals surface area contributed by atoms with Gasteiger partial charge in [0.1, 0.15) is 4.90 Å². The molecule has 0 fully saturated rings. The van der Waals surface area contributed by atoms with E-state index in [9.17, 15) is 26.4 Å². The molecule has 172 valence electrons. The van der Waals surface area contributed by atoms with Gasteiger partial charge in [-0.25, -0.2) is 22.6 Å². The van der Waals surface area contributed by atoms with E-state index >= 15 is 0 Å². The van der Waals surface area contributed by atoms with Crippen LogP contribution in [0.2, 0.25) is 10.0 Å². The van der Waals surface area contributed by atoms with Gasteiger partial charge >= 0.3 is 11.9 Å². The Hall–Kier alpha value is -2.89. The number of hydrogen-bond donors (Lipinski definition) is 0. The van der Waals surface area contributed by atoms with Crippen LogP contribution in [-0.4, -0.2) is 33.3 Å². The van der Waals surface area contributed by atoms with Crippen LogP contribution in [0.3, 0.4) is 0 Å². The summed E-state index contributed by atoms with van der Waals surface area (Å²) < 4.78 is 66.3. The van der Waals surface area contributed by atoms with Crippen LogP contribution in [0.5, 0.6) is 0 Å². The average Bonchev–Trinajstić information content (AvgIpc) is 3.08. The first-order valence-corrected chi connectivity index (χ1v) is 11.7. The molecule has 0 spiro atoms. The third-order valence-corrected chi connectivity index (χ3v) is 6.96. The first kappa shape index (κ1) is 23.3. The molecule has 0 radical (unpaired) electrons. The van der Waals surface area contributed by atoms with Gasteiger partial charge in [0.05, 0.1) is 11.3 Å². The molecule has 1 aromatic carbocycles. The van der Waals surface area contributed by atoms with Crippen molar-refractivity contribution in [2.75, 3.05) is 5.75 Å². The highest BCUT2D eigenvalue weighted by atomic mass is 35.5. The first-order chi connectivity index (χ1) is 15.4. The van der Waals surface area contributed by atoms with Gasteiger partial charge in [-0.2, -0.15) is 17.9 Å². The highest BCUT2D eigenvalue weighted by Crippen LogP contribution is 2.31. The maximum absolute atomic E-state index is 13.0. The molecule has 3 aromatic heterocycles. The van der Waals surface area contributed by atoms with Crippen LogP contribution in [-0.2, 0) is 16.0 Å². The molecule has 0 aliphatic carbocycles. The second kappa shape index (κ2) is 8.15. The lowest BCUT2D eigenvalue weighted by Gasteiger charge is -2.11.